The Labute approximate surface area is 100 Å². The van der Waals surface area contributed by atoms with Gasteiger partial charge in [-0.25, -0.2) is 9.78 Å². The molecule has 5 nitrogen and oxygen atoms in total. The molecule has 0 bridgehead atoms. The molecule has 0 aliphatic heterocycles. The third kappa shape index (κ3) is 2.87. The lowest BCUT2D eigenvalue weighted by molar-refractivity contribution is 0.538. The summed E-state index contributed by atoms with van der Waals surface area (Å²) in [6.07, 6.45) is 11.2. The molecule has 0 unspecified atom stereocenters. The summed E-state index contributed by atoms with van der Waals surface area (Å²) in [5, 5.41) is 0. The molecule has 2 aromatic rings. The topological polar surface area (TPSA) is 44.8 Å². The van der Waals surface area contributed by atoms with E-state index in [1.807, 2.05) is 23.2 Å². The summed E-state index contributed by atoms with van der Waals surface area (Å²) in [6, 6.07) is 0. The van der Waals surface area contributed by atoms with E-state index >= 15 is 0 Å². The van der Waals surface area contributed by atoms with Gasteiger partial charge in [0.2, 0.25) is 0 Å². The molecule has 92 valence electrons. The van der Waals surface area contributed by atoms with Crippen molar-refractivity contribution in [2.75, 3.05) is 0 Å². The molecule has 0 aliphatic rings. The van der Waals surface area contributed by atoms with Crippen LogP contribution in [0.1, 0.15) is 19.8 Å². The van der Waals surface area contributed by atoms with Crippen LogP contribution in [0.4, 0.5) is 0 Å². The van der Waals surface area contributed by atoms with Gasteiger partial charge in [-0.2, -0.15) is 0 Å². The van der Waals surface area contributed by atoms with Crippen molar-refractivity contribution in [1.82, 2.24) is 18.7 Å². The maximum absolute atomic E-state index is 11.9. The van der Waals surface area contributed by atoms with Crippen LogP contribution >= 0.6 is 0 Å². The van der Waals surface area contributed by atoms with Gasteiger partial charge in [-0.3, -0.25) is 9.13 Å². The normalized spacial score (nSPS) is 10.9. The number of aromatic nitrogens is 4. The van der Waals surface area contributed by atoms with Crippen LogP contribution in [-0.4, -0.2) is 18.7 Å². The van der Waals surface area contributed by atoms with Crippen LogP contribution in [0.15, 0.2) is 35.9 Å². The molecule has 0 aromatic carbocycles. The van der Waals surface area contributed by atoms with Crippen LogP contribution < -0.4 is 5.69 Å². The number of rotatable bonds is 6. The Morgan fingerprint density at radius 2 is 1.88 bits per heavy atom. The first-order chi connectivity index (χ1) is 8.31. The smallest absolute Gasteiger partial charge is 0.328 e. The summed E-state index contributed by atoms with van der Waals surface area (Å²) in [6.45, 7) is 4.52. The maximum Gasteiger partial charge on any atom is 0.328 e. The fourth-order valence-electron chi connectivity index (χ4n) is 1.88. The molecule has 0 saturated carbocycles. The lowest BCUT2D eigenvalue weighted by atomic mass is 10.4. The van der Waals surface area contributed by atoms with E-state index < -0.39 is 0 Å². The van der Waals surface area contributed by atoms with Crippen molar-refractivity contribution in [2.24, 2.45) is 0 Å². The highest BCUT2D eigenvalue weighted by Crippen LogP contribution is 1.95. The standard InChI is InChI=1S/C12H18N4O/c1-2-5-15-9-10-16(12(15)17)7-3-6-14-8-4-13-11-14/h4,8-11H,2-3,5-7H2,1H3. The van der Waals surface area contributed by atoms with Gasteiger partial charge in [0, 0.05) is 44.4 Å². The summed E-state index contributed by atoms with van der Waals surface area (Å²) in [5.74, 6) is 0. The predicted molar refractivity (Wildman–Crippen MR) is 65.8 cm³/mol. The molecular formula is C12H18N4O. The molecule has 2 rings (SSSR count). The van der Waals surface area contributed by atoms with Gasteiger partial charge in [-0.05, 0) is 12.8 Å². The zero-order valence-electron chi connectivity index (χ0n) is 10.1. The monoisotopic (exact) mass is 234 g/mol. The third-order valence-corrected chi connectivity index (χ3v) is 2.76. The van der Waals surface area contributed by atoms with Crippen molar-refractivity contribution >= 4 is 0 Å². The molecule has 5 heteroatoms. The van der Waals surface area contributed by atoms with Crippen molar-refractivity contribution in [3.63, 3.8) is 0 Å². The highest BCUT2D eigenvalue weighted by molar-refractivity contribution is 4.81. The van der Waals surface area contributed by atoms with Gasteiger partial charge in [0.25, 0.3) is 0 Å². The summed E-state index contributed by atoms with van der Waals surface area (Å²) in [5.41, 5.74) is 0.0949. The fraction of sp³-hybridized carbons (Fsp3) is 0.500. The molecule has 0 atom stereocenters. The number of nitrogens with zero attached hydrogens (tertiary/aromatic N) is 4. The van der Waals surface area contributed by atoms with Gasteiger partial charge in [0.1, 0.15) is 0 Å². The maximum atomic E-state index is 11.9. The molecule has 0 aliphatic carbocycles. The number of hydrogen-bond acceptors (Lipinski definition) is 2. The second-order valence-corrected chi connectivity index (χ2v) is 4.12. The zero-order chi connectivity index (χ0) is 12.1. The summed E-state index contributed by atoms with van der Waals surface area (Å²) in [4.78, 5) is 15.8. The van der Waals surface area contributed by atoms with E-state index in [4.69, 9.17) is 0 Å². The van der Waals surface area contributed by atoms with E-state index in [0.29, 0.717) is 0 Å². The summed E-state index contributed by atoms with van der Waals surface area (Å²) >= 11 is 0. The first-order valence-corrected chi connectivity index (χ1v) is 6.02. The van der Waals surface area contributed by atoms with Gasteiger partial charge in [-0.1, -0.05) is 6.92 Å². The molecule has 0 N–H and O–H groups in total. The van der Waals surface area contributed by atoms with Crippen LogP contribution in [-0.2, 0) is 19.6 Å². The van der Waals surface area contributed by atoms with Crippen molar-refractivity contribution in [2.45, 2.75) is 39.4 Å². The van der Waals surface area contributed by atoms with Gasteiger partial charge in [0.05, 0.1) is 6.33 Å². The average Bonchev–Trinajstić information content (AvgIpc) is 2.94. The van der Waals surface area contributed by atoms with E-state index in [-0.39, 0.29) is 5.69 Å². The van der Waals surface area contributed by atoms with E-state index in [0.717, 1.165) is 32.5 Å². The average molecular weight is 234 g/mol. The van der Waals surface area contributed by atoms with Crippen molar-refractivity contribution in [3.8, 4) is 0 Å². The Bertz CT molecular complexity index is 495. The molecule has 0 spiro atoms. The van der Waals surface area contributed by atoms with Crippen molar-refractivity contribution in [1.29, 1.82) is 0 Å². The SMILES string of the molecule is CCCn1ccn(CCCn2ccnc2)c1=O. The van der Waals surface area contributed by atoms with Crippen LogP contribution in [0.2, 0.25) is 0 Å². The Hall–Kier alpha value is -1.78. The van der Waals surface area contributed by atoms with Crippen LogP contribution in [0, 0.1) is 0 Å². The molecule has 0 saturated heterocycles. The lowest BCUT2D eigenvalue weighted by Gasteiger charge is -2.03. The predicted octanol–water partition coefficient (Wildman–Crippen LogP) is 1.35. The minimum absolute atomic E-state index is 0.0949. The zero-order valence-corrected chi connectivity index (χ0v) is 10.1. The first kappa shape index (κ1) is 11.7. The van der Waals surface area contributed by atoms with Crippen LogP contribution in [0.3, 0.4) is 0 Å². The minimum atomic E-state index is 0.0949. The van der Waals surface area contributed by atoms with E-state index in [1.165, 1.54) is 0 Å². The molecule has 0 fully saturated rings. The second kappa shape index (κ2) is 5.52. The largest absolute Gasteiger partial charge is 0.337 e. The van der Waals surface area contributed by atoms with E-state index in [9.17, 15) is 4.79 Å². The van der Waals surface area contributed by atoms with E-state index in [2.05, 4.69) is 11.9 Å². The molecule has 0 radical (unpaired) electrons. The number of imidazole rings is 2. The molecular weight excluding hydrogens is 216 g/mol. The molecule has 2 heterocycles. The van der Waals surface area contributed by atoms with Gasteiger partial charge < -0.3 is 4.57 Å². The van der Waals surface area contributed by atoms with Crippen molar-refractivity contribution in [3.05, 3.63) is 41.6 Å². The summed E-state index contributed by atoms with van der Waals surface area (Å²) in [7, 11) is 0. The summed E-state index contributed by atoms with van der Waals surface area (Å²) < 4.78 is 5.55. The Morgan fingerprint density at radius 1 is 1.12 bits per heavy atom. The number of hydrogen-bond donors (Lipinski definition) is 0. The van der Waals surface area contributed by atoms with Gasteiger partial charge >= 0.3 is 5.69 Å². The number of aryl methyl sites for hydroxylation is 3. The highest BCUT2D eigenvalue weighted by Gasteiger charge is 2.01. The second-order valence-electron chi connectivity index (χ2n) is 4.12. The Balaban J connectivity index is 1.89. The quantitative estimate of drug-likeness (QED) is 0.757. The van der Waals surface area contributed by atoms with Crippen LogP contribution in [0.5, 0.6) is 0 Å². The van der Waals surface area contributed by atoms with Gasteiger partial charge in [-0.15, -0.1) is 0 Å². The fourth-order valence-corrected chi connectivity index (χ4v) is 1.88. The third-order valence-electron chi connectivity index (χ3n) is 2.76. The lowest BCUT2D eigenvalue weighted by Crippen LogP contribution is -2.24. The minimum Gasteiger partial charge on any atom is -0.337 e. The first-order valence-electron chi connectivity index (χ1n) is 6.02. The van der Waals surface area contributed by atoms with Crippen molar-refractivity contribution < 1.29 is 0 Å². The van der Waals surface area contributed by atoms with E-state index in [1.54, 1.807) is 21.7 Å². The van der Waals surface area contributed by atoms with Crippen LogP contribution in [0.25, 0.3) is 0 Å². The molecule has 2 aromatic heterocycles. The van der Waals surface area contributed by atoms with Gasteiger partial charge in [0.15, 0.2) is 0 Å². The Kier molecular flexibility index (Phi) is 3.80. The highest BCUT2D eigenvalue weighted by atomic mass is 16.1. The Morgan fingerprint density at radius 3 is 2.53 bits per heavy atom. The molecule has 17 heavy (non-hydrogen) atoms. The molecule has 0 amide bonds.